The fraction of sp³-hybridized carbons (Fsp3) is 0.917. The van der Waals surface area contributed by atoms with Gasteiger partial charge in [0.15, 0.2) is 0 Å². The molecule has 17 heavy (non-hydrogen) atoms. The minimum Gasteiger partial charge on any atom is -0.381 e. The lowest BCUT2D eigenvalue weighted by Gasteiger charge is -2.48. The Labute approximate surface area is 106 Å². The fourth-order valence-electron chi connectivity index (χ4n) is 2.97. The predicted octanol–water partition coefficient (Wildman–Crippen LogP) is 0.756. The third-order valence-electron chi connectivity index (χ3n) is 4.06. The fourth-order valence-corrected chi connectivity index (χ4v) is 4.56. The second-order valence-corrected chi connectivity index (χ2v) is 6.80. The lowest BCUT2D eigenvalue weighted by molar-refractivity contribution is -0.141. The average Bonchev–Trinajstić information content (AvgIpc) is 2.95. The Balaban J connectivity index is 1.52. The minimum atomic E-state index is 0.122. The largest absolute Gasteiger partial charge is 0.381 e. The number of amides is 1. The van der Waals surface area contributed by atoms with Crippen molar-refractivity contribution in [1.29, 1.82) is 0 Å². The van der Waals surface area contributed by atoms with E-state index in [1.807, 2.05) is 16.7 Å². The van der Waals surface area contributed by atoms with Gasteiger partial charge in [-0.05, 0) is 12.8 Å². The number of methoxy groups -OCH3 is 1. The van der Waals surface area contributed by atoms with Crippen LogP contribution in [0.15, 0.2) is 0 Å². The molecular weight excluding hydrogens is 238 g/mol. The Hall–Kier alpha value is -0.260. The van der Waals surface area contributed by atoms with Crippen LogP contribution in [0, 0.1) is 5.92 Å². The van der Waals surface area contributed by atoms with Gasteiger partial charge in [0.05, 0.1) is 23.4 Å². The molecule has 0 aliphatic carbocycles. The number of nitrogens with zero attached hydrogens (tertiary/aromatic N) is 1. The van der Waals surface area contributed by atoms with Crippen molar-refractivity contribution in [3.05, 3.63) is 0 Å². The molecule has 3 fully saturated rings. The molecule has 1 amide bonds. The molecule has 3 rings (SSSR count). The van der Waals surface area contributed by atoms with Gasteiger partial charge in [0, 0.05) is 32.6 Å². The summed E-state index contributed by atoms with van der Waals surface area (Å²) in [6.07, 6.45) is 2.38. The van der Waals surface area contributed by atoms with Crippen molar-refractivity contribution in [3.63, 3.8) is 0 Å². The lowest BCUT2D eigenvalue weighted by Crippen LogP contribution is -2.62. The number of rotatable bonds is 2. The normalized spacial score (nSPS) is 35.2. The van der Waals surface area contributed by atoms with Crippen LogP contribution in [0.3, 0.4) is 0 Å². The van der Waals surface area contributed by atoms with Gasteiger partial charge in [-0.15, -0.1) is 11.8 Å². The summed E-state index contributed by atoms with van der Waals surface area (Å²) >= 11 is 1.98. The second kappa shape index (κ2) is 4.44. The average molecular weight is 257 g/mol. The summed E-state index contributed by atoms with van der Waals surface area (Å²) in [5, 5.41) is 0. The molecule has 3 heterocycles. The summed E-state index contributed by atoms with van der Waals surface area (Å²) in [6.45, 7) is 3.19. The first-order valence-electron chi connectivity index (χ1n) is 6.26. The molecule has 3 saturated heterocycles. The van der Waals surface area contributed by atoms with E-state index in [2.05, 4.69) is 0 Å². The molecule has 0 saturated carbocycles. The summed E-state index contributed by atoms with van der Waals surface area (Å²) in [4.78, 5) is 14.1. The van der Waals surface area contributed by atoms with Crippen molar-refractivity contribution in [2.45, 2.75) is 23.7 Å². The van der Waals surface area contributed by atoms with Crippen molar-refractivity contribution in [3.8, 4) is 0 Å². The molecule has 5 heteroatoms. The van der Waals surface area contributed by atoms with E-state index in [9.17, 15) is 4.79 Å². The van der Waals surface area contributed by atoms with Gasteiger partial charge in [-0.3, -0.25) is 4.79 Å². The van der Waals surface area contributed by atoms with Crippen molar-refractivity contribution >= 4 is 17.7 Å². The highest BCUT2D eigenvalue weighted by Gasteiger charge is 2.51. The Kier molecular flexibility index (Phi) is 3.09. The summed E-state index contributed by atoms with van der Waals surface area (Å²) < 4.78 is 11.0. The van der Waals surface area contributed by atoms with Gasteiger partial charge in [-0.25, -0.2) is 0 Å². The molecule has 4 nitrogen and oxygen atoms in total. The maximum absolute atomic E-state index is 12.1. The highest BCUT2D eigenvalue weighted by molar-refractivity contribution is 8.01. The van der Waals surface area contributed by atoms with Crippen molar-refractivity contribution in [1.82, 2.24) is 4.90 Å². The number of carbonyl (C=O) groups is 1. The Bertz CT molecular complexity index is 311. The number of carbonyl (C=O) groups excluding carboxylic acids is 1. The number of ether oxygens (including phenoxy) is 2. The van der Waals surface area contributed by atoms with E-state index in [0.29, 0.717) is 23.4 Å². The third-order valence-corrected chi connectivity index (χ3v) is 5.63. The first kappa shape index (κ1) is 11.8. The number of likely N-dealkylation sites (tertiary alicyclic amines) is 1. The van der Waals surface area contributed by atoms with Crippen molar-refractivity contribution in [2.75, 3.05) is 39.2 Å². The molecule has 0 aromatic carbocycles. The van der Waals surface area contributed by atoms with E-state index >= 15 is 0 Å². The highest BCUT2D eigenvalue weighted by atomic mass is 32.2. The van der Waals surface area contributed by atoms with Gasteiger partial charge < -0.3 is 14.4 Å². The van der Waals surface area contributed by atoms with Crippen LogP contribution in [-0.2, 0) is 14.3 Å². The molecule has 1 spiro atoms. The molecule has 0 aromatic rings. The van der Waals surface area contributed by atoms with Crippen LogP contribution in [-0.4, -0.2) is 60.8 Å². The zero-order valence-corrected chi connectivity index (χ0v) is 11.0. The predicted molar refractivity (Wildman–Crippen MR) is 66.1 cm³/mol. The van der Waals surface area contributed by atoms with Crippen LogP contribution < -0.4 is 0 Å². The van der Waals surface area contributed by atoms with Gasteiger partial charge in [-0.2, -0.15) is 0 Å². The summed E-state index contributed by atoms with van der Waals surface area (Å²) in [5.41, 5.74) is 0. The topological polar surface area (TPSA) is 38.8 Å². The standard InChI is InChI=1S/C12H19NO3S/c1-15-10-4-12(17-6-10)7-13(8-12)11(14)9-2-3-16-5-9/h9-10H,2-8H2,1H3/t9-,10-/m0/s1. The quantitative estimate of drug-likeness (QED) is 0.732. The molecule has 96 valence electrons. The zero-order chi connectivity index (χ0) is 11.9. The maximum Gasteiger partial charge on any atom is 0.228 e. The molecule has 2 atom stereocenters. The van der Waals surface area contributed by atoms with Gasteiger partial charge in [0.1, 0.15) is 0 Å². The first-order valence-corrected chi connectivity index (χ1v) is 7.24. The smallest absolute Gasteiger partial charge is 0.228 e. The van der Waals surface area contributed by atoms with Crippen LogP contribution in [0.4, 0.5) is 0 Å². The summed E-state index contributed by atoms with van der Waals surface area (Å²) in [5.74, 6) is 1.50. The molecular formula is C12H19NO3S. The molecule has 0 bridgehead atoms. The minimum absolute atomic E-state index is 0.122. The molecule has 3 aliphatic rings. The molecule has 0 aromatic heterocycles. The summed E-state index contributed by atoms with van der Waals surface area (Å²) in [7, 11) is 1.78. The SMILES string of the molecule is CO[C@@H]1CSC2(C1)CN(C(=O)[C@H]1CCOC1)C2. The highest BCUT2D eigenvalue weighted by Crippen LogP contribution is 2.46. The molecule has 0 radical (unpaired) electrons. The monoisotopic (exact) mass is 257 g/mol. The molecule has 0 unspecified atom stereocenters. The van der Waals surface area contributed by atoms with E-state index in [4.69, 9.17) is 9.47 Å². The van der Waals surface area contributed by atoms with Crippen LogP contribution in [0.5, 0.6) is 0 Å². The van der Waals surface area contributed by atoms with E-state index in [-0.39, 0.29) is 5.92 Å². The van der Waals surface area contributed by atoms with Gasteiger partial charge in [0.25, 0.3) is 0 Å². The Morgan fingerprint density at radius 2 is 2.35 bits per heavy atom. The number of hydrogen-bond acceptors (Lipinski definition) is 4. The lowest BCUT2D eigenvalue weighted by atomic mass is 9.91. The molecule has 3 aliphatic heterocycles. The van der Waals surface area contributed by atoms with Crippen LogP contribution >= 0.6 is 11.8 Å². The van der Waals surface area contributed by atoms with E-state index in [1.165, 1.54) is 0 Å². The van der Waals surface area contributed by atoms with E-state index < -0.39 is 0 Å². The van der Waals surface area contributed by atoms with Gasteiger partial charge >= 0.3 is 0 Å². The van der Waals surface area contributed by atoms with E-state index in [1.54, 1.807) is 7.11 Å². The second-order valence-electron chi connectivity index (χ2n) is 5.31. The van der Waals surface area contributed by atoms with Crippen LogP contribution in [0.2, 0.25) is 0 Å². The van der Waals surface area contributed by atoms with Gasteiger partial charge in [-0.1, -0.05) is 0 Å². The van der Waals surface area contributed by atoms with Crippen LogP contribution in [0.25, 0.3) is 0 Å². The third kappa shape index (κ3) is 2.09. The van der Waals surface area contributed by atoms with Crippen LogP contribution in [0.1, 0.15) is 12.8 Å². The Morgan fingerprint density at radius 3 is 2.94 bits per heavy atom. The number of thioether (sulfide) groups is 1. The first-order chi connectivity index (χ1) is 8.22. The zero-order valence-electron chi connectivity index (χ0n) is 10.2. The van der Waals surface area contributed by atoms with Crippen molar-refractivity contribution in [2.24, 2.45) is 5.92 Å². The molecule has 0 N–H and O–H groups in total. The van der Waals surface area contributed by atoms with E-state index in [0.717, 1.165) is 38.3 Å². The van der Waals surface area contributed by atoms with Crippen molar-refractivity contribution < 1.29 is 14.3 Å². The van der Waals surface area contributed by atoms with Gasteiger partial charge in [0.2, 0.25) is 5.91 Å². The number of hydrogen-bond donors (Lipinski definition) is 0. The summed E-state index contributed by atoms with van der Waals surface area (Å²) in [6, 6.07) is 0. The maximum atomic E-state index is 12.1. The Morgan fingerprint density at radius 1 is 1.53 bits per heavy atom.